The molecule has 7 atom stereocenters. The summed E-state index contributed by atoms with van der Waals surface area (Å²) in [5.74, 6) is -3.57. The van der Waals surface area contributed by atoms with Crippen molar-refractivity contribution < 1.29 is 59.8 Å². The number of nitrogens with zero attached hydrogens (tertiary/aromatic N) is 3. The second kappa shape index (κ2) is 19.5. The summed E-state index contributed by atoms with van der Waals surface area (Å²) in [6.45, 7) is 8.45. The van der Waals surface area contributed by atoms with Crippen molar-refractivity contribution in [3.8, 4) is 11.6 Å². The van der Waals surface area contributed by atoms with E-state index in [1.807, 2.05) is 19.9 Å². The maximum absolute atomic E-state index is 15.2. The van der Waals surface area contributed by atoms with Gasteiger partial charge in [0.2, 0.25) is 33.3 Å². The summed E-state index contributed by atoms with van der Waals surface area (Å²) in [6.07, 6.45) is 0.0680. The van der Waals surface area contributed by atoms with Gasteiger partial charge in [0.1, 0.15) is 29.5 Å². The second-order valence-corrected chi connectivity index (χ2v) is 21.6. The number of hydrogen-bond donors (Lipinski definition) is 3. The molecule has 5 amide bonds. The molecule has 2 aliphatic heterocycles. The number of benzene rings is 2. The van der Waals surface area contributed by atoms with E-state index in [1.165, 1.54) is 25.1 Å². The summed E-state index contributed by atoms with van der Waals surface area (Å²) in [5.41, 5.74) is -3.72. The first-order chi connectivity index (χ1) is 32.5. The van der Waals surface area contributed by atoms with Crippen molar-refractivity contribution >= 4 is 56.2 Å². The first-order valence-electron chi connectivity index (χ1n) is 23.4. The highest BCUT2D eigenvalue weighted by Gasteiger charge is 2.63. The van der Waals surface area contributed by atoms with E-state index in [2.05, 4.69) is 20.3 Å². The Labute approximate surface area is 400 Å². The number of allylic oxidation sites excluding steroid dienone is 1. The van der Waals surface area contributed by atoms with Crippen LogP contribution in [0.1, 0.15) is 103 Å². The van der Waals surface area contributed by atoms with Gasteiger partial charge in [-0.3, -0.25) is 23.9 Å². The zero-order valence-corrected chi connectivity index (χ0v) is 40.7. The molecule has 69 heavy (non-hydrogen) atoms. The van der Waals surface area contributed by atoms with Crippen LogP contribution >= 0.6 is 0 Å². The number of halogens is 3. The molecule has 3 heterocycles. The number of pyridine rings is 1. The van der Waals surface area contributed by atoms with E-state index in [0.29, 0.717) is 80.1 Å². The number of aromatic nitrogens is 1. The largest absolute Gasteiger partial charge is 0.497 e. The summed E-state index contributed by atoms with van der Waals surface area (Å²) in [4.78, 5) is 78.8. The molecule has 20 heteroatoms. The fraction of sp³-hybridized carbons (Fsp3) is 0.551. The van der Waals surface area contributed by atoms with E-state index >= 15 is 4.79 Å². The third-order valence-corrected chi connectivity index (χ3v) is 16.3. The second-order valence-electron chi connectivity index (χ2n) is 19.4. The molecule has 374 valence electrons. The molecule has 2 aromatic carbocycles. The number of fused-ring (bicyclic) bond motifs is 3. The molecule has 7 rings (SSSR count). The standard InChI is InChI=1S/C49H61F3N6O10S/c1-8-30-23-29(3)15-13-14-18-32-26-48(32,44(62)56-69(64,65)47(6)21-22-47)55-40(59)37-25-34(28-58(37)43(61)39(30)54-45(63)68-46(4,5)49(50,51)52)67-41-35-20-19-33(66-7)24-36(35)38(27-53-41)57(9-2)42(60)31-16-11-10-12-17-31/h10-12,14,16-20,24,27,29-30,32,34,37,39H,8-9,13,15,21-23,25-26,28H2,1-7H3,(H,54,63)(H,55,59)(H,56,62)/b18-14-/t29-,30-,32-,34-,37+,39+,48-/m1/s1. The van der Waals surface area contributed by atoms with Crippen molar-refractivity contribution in [2.24, 2.45) is 17.8 Å². The lowest BCUT2D eigenvalue weighted by molar-refractivity contribution is -0.244. The number of carbonyl (C=O) groups is 5. The van der Waals surface area contributed by atoms with Gasteiger partial charge in [-0.15, -0.1) is 0 Å². The highest BCUT2D eigenvalue weighted by Crippen LogP contribution is 2.48. The number of rotatable bonds is 12. The summed E-state index contributed by atoms with van der Waals surface area (Å²) >= 11 is 0. The number of hydrogen-bond acceptors (Lipinski definition) is 11. The van der Waals surface area contributed by atoms with Crippen molar-refractivity contribution in [2.45, 2.75) is 133 Å². The topological polar surface area (TPSA) is 203 Å². The third kappa shape index (κ3) is 10.5. The van der Waals surface area contributed by atoms with E-state index in [4.69, 9.17) is 14.2 Å². The van der Waals surface area contributed by atoms with Crippen LogP contribution in [-0.2, 0) is 29.1 Å². The molecular weight excluding hydrogens is 922 g/mol. The molecule has 0 radical (unpaired) electrons. The van der Waals surface area contributed by atoms with Crippen LogP contribution in [0.2, 0.25) is 0 Å². The van der Waals surface area contributed by atoms with Gasteiger partial charge < -0.3 is 34.6 Å². The highest BCUT2D eigenvalue weighted by atomic mass is 32.2. The quantitative estimate of drug-likeness (QED) is 0.158. The predicted octanol–water partition coefficient (Wildman–Crippen LogP) is 6.97. The number of carbonyl (C=O) groups excluding carboxylic acids is 5. The molecule has 1 saturated heterocycles. The summed E-state index contributed by atoms with van der Waals surface area (Å²) < 4.78 is 86.7. The van der Waals surface area contributed by atoms with E-state index in [1.54, 1.807) is 66.4 Å². The predicted molar refractivity (Wildman–Crippen MR) is 250 cm³/mol. The molecule has 2 saturated carbocycles. The van der Waals surface area contributed by atoms with Gasteiger partial charge in [-0.05, 0) is 108 Å². The monoisotopic (exact) mass is 982 g/mol. The molecular formula is C49H61F3N6O10S. The molecule has 2 aliphatic carbocycles. The zero-order chi connectivity index (χ0) is 50.3. The average molecular weight is 983 g/mol. The van der Waals surface area contributed by atoms with E-state index in [0.717, 1.165) is 0 Å². The number of alkyl carbamates (subject to hydrolysis) is 1. The molecule has 16 nitrogen and oxygen atoms in total. The normalized spacial score (nSPS) is 26.5. The Kier molecular flexibility index (Phi) is 14.4. The number of amides is 5. The molecule has 3 aromatic rings. The van der Waals surface area contributed by atoms with Crippen LogP contribution in [0.4, 0.5) is 23.7 Å². The van der Waals surface area contributed by atoms with Gasteiger partial charge in [0.15, 0.2) is 0 Å². The minimum Gasteiger partial charge on any atom is -0.497 e. The van der Waals surface area contributed by atoms with Crippen LogP contribution in [0, 0.1) is 17.8 Å². The van der Waals surface area contributed by atoms with Gasteiger partial charge in [-0.1, -0.05) is 50.6 Å². The molecule has 1 aromatic heterocycles. The molecule has 0 spiro atoms. The van der Waals surface area contributed by atoms with Gasteiger partial charge in [-0.25, -0.2) is 18.2 Å². The van der Waals surface area contributed by atoms with Crippen LogP contribution in [0.25, 0.3) is 10.8 Å². The molecule has 3 N–H and O–H groups in total. The van der Waals surface area contributed by atoms with E-state index < -0.39 is 85.9 Å². The Hall–Kier alpha value is -5.92. The van der Waals surface area contributed by atoms with Crippen LogP contribution in [-0.4, -0.2) is 108 Å². The number of nitrogens with one attached hydrogen (secondary N) is 3. The number of anilines is 1. The summed E-state index contributed by atoms with van der Waals surface area (Å²) in [6, 6.07) is 11.0. The average Bonchev–Trinajstić information content (AvgIpc) is 4.19. The minimum absolute atomic E-state index is 0.0691. The molecule has 0 bridgehead atoms. The number of alkyl halides is 3. The van der Waals surface area contributed by atoms with E-state index in [-0.39, 0.29) is 43.6 Å². The van der Waals surface area contributed by atoms with Crippen molar-refractivity contribution in [1.82, 2.24) is 25.2 Å². The van der Waals surface area contributed by atoms with Crippen LogP contribution in [0.15, 0.2) is 66.9 Å². The summed E-state index contributed by atoms with van der Waals surface area (Å²) in [7, 11) is -2.63. The van der Waals surface area contributed by atoms with Gasteiger partial charge >= 0.3 is 12.3 Å². The Morgan fingerprint density at radius 2 is 1.74 bits per heavy atom. The first kappa shape index (κ1) is 50.9. The van der Waals surface area contributed by atoms with Crippen LogP contribution in [0.5, 0.6) is 11.6 Å². The third-order valence-electron chi connectivity index (χ3n) is 14.1. The molecule has 4 aliphatic rings. The number of sulfonamides is 1. The minimum atomic E-state index is -4.95. The van der Waals surface area contributed by atoms with Gasteiger partial charge in [0.25, 0.3) is 11.8 Å². The Morgan fingerprint density at radius 3 is 2.38 bits per heavy atom. The van der Waals surface area contributed by atoms with Crippen LogP contribution < -0.4 is 29.7 Å². The van der Waals surface area contributed by atoms with Gasteiger partial charge in [0.05, 0.1) is 30.3 Å². The highest BCUT2D eigenvalue weighted by molar-refractivity contribution is 7.91. The fourth-order valence-electron chi connectivity index (χ4n) is 9.20. The van der Waals surface area contributed by atoms with Crippen LogP contribution in [0.3, 0.4) is 0 Å². The smallest absolute Gasteiger partial charge is 0.427 e. The maximum atomic E-state index is 15.2. The number of ether oxygens (including phenoxy) is 3. The van der Waals surface area contributed by atoms with Crippen molar-refractivity contribution in [1.29, 1.82) is 0 Å². The Morgan fingerprint density at radius 1 is 1.03 bits per heavy atom. The summed E-state index contributed by atoms with van der Waals surface area (Å²) in [5, 5.41) is 6.25. The Bertz CT molecular complexity index is 2610. The lowest BCUT2D eigenvalue weighted by Crippen LogP contribution is -2.60. The number of methoxy groups -OCH3 is 1. The Balaban J connectivity index is 1.27. The van der Waals surface area contributed by atoms with Crippen molar-refractivity contribution in [3.63, 3.8) is 0 Å². The maximum Gasteiger partial charge on any atom is 0.427 e. The SMILES string of the molecule is CC[C@@H]1C[C@H](C)CC/C=C\[C@@H]2C[C@@]2(C(=O)NS(=O)(=O)C2(C)CC2)NC(=O)[C@@H]2C[C@@H](Oc3ncc(N(CC)C(=O)c4ccccc4)c4cc(OC)ccc34)CN2C(=O)[C@H]1NC(=O)OC(C)(C)C(F)(F)F. The zero-order valence-electron chi connectivity index (χ0n) is 39.9. The van der Waals surface area contributed by atoms with Gasteiger partial charge in [0, 0.05) is 35.2 Å². The molecule has 0 unspecified atom stereocenters. The lowest BCUT2D eigenvalue weighted by atomic mass is 9.85. The van der Waals surface area contributed by atoms with E-state index in [9.17, 15) is 40.8 Å². The lowest BCUT2D eigenvalue weighted by Gasteiger charge is -2.35. The fourth-order valence-corrected chi connectivity index (χ4v) is 10.5. The van der Waals surface area contributed by atoms with Crippen molar-refractivity contribution in [3.05, 3.63) is 72.4 Å². The van der Waals surface area contributed by atoms with Crippen molar-refractivity contribution in [2.75, 3.05) is 25.1 Å². The van der Waals surface area contributed by atoms with Gasteiger partial charge in [-0.2, -0.15) is 13.2 Å². The first-order valence-corrected chi connectivity index (χ1v) is 24.9. The molecule has 3 fully saturated rings.